The van der Waals surface area contributed by atoms with E-state index in [4.69, 9.17) is 0 Å². The minimum atomic E-state index is -4.61. The number of halogens is 4. The predicted octanol–water partition coefficient (Wildman–Crippen LogP) is 6.46. The molecule has 4 nitrogen and oxygen atoms in total. The van der Waals surface area contributed by atoms with Crippen LogP contribution in [0.5, 0.6) is 0 Å². The molecule has 0 aliphatic rings. The molecule has 0 atom stereocenters. The minimum Gasteiger partial charge on any atom is -0.340 e. The fraction of sp³-hybridized carbons (Fsp3) is 0.238. The first-order chi connectivity index (χ1) is 13.8. The fourth-order valence-corrected chi connectivity index (χ4v) is 2.73. The average molecular weight is 404 g/mol. The molecule has 0 bridgehead atoms. The van der Waals surface area contributed by atoms with Crippen LogP contribution in [0, 0.1) is 5.82 Å². The van der Waals surface area contributed by atoms with Crippen LogP contribution in [-0.4, -0.2) is 9.97 Å². The summed E-state index contributed by atoms with van der Waals surface area (Å²) in [5, 5.41) is 5.54. The molecular weight excluding hydrogens is 384 g/mol. The lowest BCUT2D eigenvalue weighted by Crippen LogP contribution is -2.12. The van der Waals surface area contributed by atoms with E-state index in [2.05, 4.69) is 27.5 Å². The summed E-state index contributed by atoms with van der Waals surface area (Å²) in [4.78, 5) is 7.74. The normalized spacial score (nSPS) is 11.3. The van der Waals surface area contributed by atoms with Crippen LogP contribution in [0.15, 0.2) is 54.7 Å². The molecule has 0 saturated heterocycles. The maximum absolute atomic E-state index is 13.4. The van der Waals surface area contributed by atoms with Crippen LogP contribution in [0.25, 0.3) is 0 Å². The van der Waals surface area contributed by atoms with Crippen molar-refractivity contribution < 1.29 is 17.6 Å². The highest BCUT2D eigenvalue weighted by Crippen LogP contribution is 2.35. The standard InChI is InChI=1S/C21H20F4N4/c1-2-3-5-14-6-4-7-17(12-14)27-19-18(21(23,24)25)13-26-20(29-19)28-16-10-8-15(22)9-11-16/h4,6-13H,2-3,5H2,1H3,(H2,26,27,28,29). The Bertz CT molecular complexity index is 956. The van der Waals surface area contributed by atoms with E-state index in [1.165, 1.54) is 24.3 Å². The van der Waals surface area contributed by atoms with Gasteiger partial charge in [-0.05, 0) is 54.8 Å². The molecule has 0 aliphatic carbocycles. The van der Waals surface area contributed by atoms with Crippen molar-refractivity contribution in [2.45, 2.75) is 32.4 Å². The highest BCUT2D eigenvalue weighted by molar-refractivity contribution is 5.63. The van der Waals surface area contributed by atoms with Crippen molar-refractivity contribution in [1.82, 2.24) is 9.97 Å². The molecule has 0 saturated carbocycles. The van der Waals surface area contributed by atoms with Crippen LogP contribution in [0.2, 0.25) is 0 Å². The van der Waals surface area contributed by atoms with Crippen LogP contribution in [0.3, 0.4) is 0 Å². The van der Waals surface area contributed by atoms with Gasteiger partial charge in [0.1, 0.15) is 17.2 Å². The molecule has 8 heteroatoms. The van der Waals surface area contributed by atoms with E-state index in [-0.39, 0.29) is 11.8 Å². The molecule has 3 aromatic rings. The van der Waals surface area contributed by atoms with E-state index in [1.54, 1.807) is 12.1 Å². The van der Waals surface area contributed by atoms with Crippen molar-refractivity contribution >= 4 is 23.1 Å². The summed E-state index contributed by atoms with van der Waals surface area (Å²) in [6.07, 6.45) is -1.02. The second-order valence-corrected chi connectivity index (χ2v) is 6.51. The summed E-state index contributed by atoms with van der Waals surface area (Å²) in [7, 11) is 0. The van der Waals surface area contributed by atoms with E-state index in [1.807, 2.05) is 12.1 Å². The Balaban J connectivity index is 1.89. The number of hydrogen-bond acceptors (Lipinski definition) is 4. The highest BCUT2D eigenvalue weighted by atomic mass is 19.4. The molecule has 152 valence electrons. The zero-order chi connectivity index (χ0) is 20.9. The first-order valence-electron chi connectivity index (χ1n) is 9.18. The molecule has 2 N–H and O–H groups in total. The van der Waals surface area contributed by atoms with Gasteiger partial charge in [-0.2, -0.15) is 18.2 Å². The molecule has 0 fully saturated rings. The number of aromatic nitrogens is 2. The first kappa shape index (κ1) is 20.6. The van der Waals surface area contributed by atoms with Crippen molar-refractivity contribution in [1.29, 1.82) is 0 Å². The molecule has 0 radical (unpaired) electrons. The van der Waals surface area contributed by atoms with Gasteiger partial charge >= 0.3 is 6.18 Å². The summed E-state index contributed by atoms with van der Waals surface area (Å²) in [6, 6.07) is 12.6. The Kier molecular flexibility index (Phi) is 6.31. The summed E-state index contributed by atoms with van der Waals surface area (Å²) >= 11 is 0. The molecule has 0 amide bonds. The molecule has 0 unspecified atom stereocenters. The number of hydrogen-bond donors (Lipinski definition) is 2. The second kappa shape index (κ2) is 8.89. The quantitative estimate of drug-likeness (QED) is 0.444. The van der Waals surface area contributed by atoms with E-state index in [0.29, 0.717) is 11.4 Å². The van der Waals surface area contributed by atoms with Crippen molar-refractivity contribution in [3.63, 3.8) is 0 Å². The Labute approximate surface area is 166 Å². The van der Waals surface area contributed by atoms with E-state index >= 15 is 0 Å². The number of rotatable bonds is 7. The Hall–Kier alpha value is -3.16. The summed E-state index contributed by atoms with van der Waals surface area (Å²) in [5.74, 6) is -0.812. The van der Waals surface area contributed by atoms with Gasteiger partial charge < -0.3 is 10.6 Å². The van der Waals surface area contributed by atoms with Crippen molar-refractivity contribution in [2.24, 2.45) is 0 Å². The maximum Gasteiger partial charge on any atom is 0.421 e. The van der Waals surface area contributed by atoms with Gasteiger partial charge in [-0.15, -0.1) is 0 Å². The molecule has 3 rings (SSSR count). The number of aryl methyl sites for hydroxylation is 1. The van der Waals surface area contributed by atoms with Gasteiger partial charge in [-0.1, -0.05) is 25.5 Å². The van der Waals surface area contributed by atoms with Crippen molar-refractivity contribution in [2.75, 3.05) is 10.6 Å². The lowest BCUT2D eigenvalue weighted by Gasteiger charge is -2.15. The third-order valence-electron chi connectivity index (χ3n) is 4.20. The lowest BCUT2D eigenvalue weighted by molar-refractivity contribution is -0.137. The monoisotopic (exact) mass is 404 g/mol. The summed E-state index contributed by atoms with van der Waals surface area (Å²) in [5.41, 5.74) is 1.03. The van der Waals surface area contributed by atoms with E-state index < -0.39 is 17.6 Å². The van der Waals surface area contributed by atoms with Crippen LogP contribution in [0.4, 0.5) is 40.7 Å². The Morgan fingerprint density at radius 2 is 1.72 bits per heavy atom. The lowest BCUT2D eigenvalue weighted by atomic mass is 10.1. The van der Waals surface area contributed by atoms with Crippen LogP contribution in [0.1, 0.15) is 30.9 Å². The SMILES string of the molecule is CCCCc1cccc(Nc2nc(Nc3ccc(F)cc3)ncc2C(F)(F)F)c1. The number of alkyl halides is 3. The van der Waals surface area contributed by atoms with Gasteiger partial charge in [0.15, 0.2) is 0 Å². The van der Waals surface area contributed by atoms with E-state index in [0.717, 1.165) is 31.0 Å². The molecule has 0 spiro atoms. The number of unbranched alkanes of at least 4 members (excludes halogenated alkanes) is 1. The van der Waals surface area contributed by atoms with Gasteiger partial charge in [-0.3, -0.25) is 0 Å². The average Bonchev–Trinajstić information content (AvgIpc) is 2.68. The fourth-order valence-electron chi connectivity index (χ4n) is 2.73. The number of nitrogens with one attached hydrogen (secondary N) is 2. The summed E-state index contributed by atoms with van der Waals surface area (Å²) < 4.78 is 53.3. The van der Waals surface area contributed by atoms with Gasteiger partial charge in [-0.25, -0.2) is 9.37 Å². The Morgan fingerprint density at radius 1 is 0.966 bits per heavy atom. The van der Waals surface area contributed by atoms with Crippen LogP contribution in [-0.2, 0) is 12.6 Å². The van der Waals surface area contributed by atoms with Crippen LogP contribution >= 0.6 is 0 Å². The molecule has 29 heavy (non-hydrogen) atoms. The zero-order valence-electron chi connectivity index (χ0n) is 15.7. The van der Waals surface area contributed by atoms with Gasteiger partial charge in [0.2, 0.25) is 5.95 Å². The van der Waals surface area contributed by atoms with Gasteiger partial charge in [0.05, 0.1) is 0 Å². The number of nitrogens with zero attached hydrogens (tertiary/aromatic N) is 2. The molecule has 1 heterocycles. The van der Waals surface area contributed by atoms with Crippen LogP contribution < -0.4 is 10.6 Å². The van der Waals surface area contributed by atoms with Gasteiger partial charge in [0, 0.05) is 17.6 Å². The van der Waals surface area contributed by atoms with Crippen molar-refractivity contribution in [3.05, 3.63) is 71.7 Å². The third-order valence-corrected chi connectivity index (χ3v) is 4.20. The molecular formula is C21H20F4N4. The molecule has 0 aliphatic heterocycles. The van der Waals surface area contributed by atoms with Crippen molar-refractivity contribution in [3.8, 4) is 0 Å². The van der Waals surface area contributed by atoms with Gasteiger partial charge in [0.25, 0.3) is 0 Å². The molecule has 1 aromatic heterocycles. The third kappa shape index (κ3) is 5.66. The first-order valence-corrected chi connectivity index (χ1v) is 9.18. The summed E-state index contributed by atoms with van der Waals surface area (Å²) in [6.45, 7) is 2.08. The Morgan fingerprint density at radius 3 is 2.41 bits per heavy atom. The zero-order valence-corrected chi connectivity index (χ0v) is 15.7. The second-order valence-electron chi connectivity index (χ2n) is 6.51. The van der Waals surface area contributed by atoms with E-state index in [9.17, 15) is 17.6 Å². The molecule has 2 aromatic carbocycles. The minimum absolute atomic E-state index is 0.0331. The predicted molar refractivity (Wildman–Crippen MR) is 105 cm³/mol. The topological polar surface area (TPSA) is 49.8 Å². The maximum atomic E-state index is 13.4. The smallest absolute Gasteiger partial charge is 0.340 e. The number of anilines is 4. The number of benzene rings is 2. The highest BCUT2D eigenvalue weighted by Gasteiger charge is 2.35. The largest absolute Gasteiger partial charge is 0.421 e.